The van der Waals surface area contributed by atoms with Gasteiger partial charge in [-0.2, -0.15) is 12.6 Å². The van der Waals surface area contributed by atoms with Crippen LogP contribution >= 0.6 is 12.6 Å². The lowest BCUT2D eigenvalue weighted by atomic mass is 10.1. The van der Waals surface area contributed by atoms with Crippen molar-refractivity contribution in [3.8, 4) is 11.5 Å². The summed E-state index contributed by atoms with van der Waals surface area (Å²) in [6, 6.07) is 6.04. The largest absolute Gasteiger partial charge is 0.493 e. The van der Waals surface area contributed by atoms with E-state index in [9.17, 15) is 0 Å². The molecule has 0 saturated carbocycles. The summed E-state index contributed by atoms with van der Waals surface area (Å²) < 4.78 is 10.5. The number of rotatable bonds is 8. The van der Waals surface area contributed by atoms with Gasteiger partial charge in [-0.1, -0.05) is 6.07 Å². The molecular weight excluding hydrogens is 234 g/mol. The van der Waals surface area contributed by atoms with E-state index in [1.54, 1.807) is 14.2 Å². The Labute approximate surface area is 109 Å². The zero-order chi connectivity index (χ0) is 12.5. The fraction of sp³-hybridized carbons (Fsp3) is 0.538. The highest BCUT2D eigenvalue weighted by molar-refractivity contribution is 7.80. The van der Waals surface area contributed by atoms with Gasteiger partial charge in [0.25, 0.3) is 0 Å². The Morgan fingerprint density at radius 1 is 1.12 bits per heavy atom. The van der Waals surface area contributed by atoms with E-state index in [1.165, 1.54) is 5.56 Å². The maximum atomic E-state index is 5.27. The van der Waals surface area contributed by atoms with Crippen LogP contribution in [0.15, 0.2) is 18.2 Å². The Bertz CT molecular complexity index is 331. The molecule has 0 heterocycles. The van der Waals surface area contributed by atoms with E-state index < -0.39 is 0 Å². The topological polar surface area (TPSA) is 30.5 Å². The average Bonchev–Trinajstić information content (AvgIpc) is 2.38. The molecule has 0 radical (unpaired) electrons. The van der Waals surface area contributed by atoms with Crippen molar-refractivity contribution in [1.29, 1.82) is 0 Å². The van der Waals surface area contributed by atoms with Gasteiger partial charge in [0.2, 0.25) is 0 Å². The second-order valence-corrected chi connectivity index (χ2v) is 4.21. The smallest absolute Gasteiger partial charge is 0.160 e. The minimum Gasteiger partial charge on any atom is -0.493 e. The van der Waals surface area contributed by atoms with Gasteiger partial charge >= 0.3 is 0 Å². The molecule has 0 bridgehead atoms. The van der Waals surface area contributed by atoms with Crippen LogP contribution in [0.3, 0.4) is 0 Å². The summed E-state index contributed by atoms with van der Waals surface area (Å²) in [5, 5.41) is 3.38. The lowest BCUT2D eigenvalue weighted by Crippen LogP contribution is -2.18. The molecule has 1 rings (SSSR count). The molecule has 4 heteroatoms. The van der Waals surface area contributed by atoms with Crippen molar-refractivity contribution in [2.75, 3.05) is 33.1 Å². The maximum Gasteiger partial charge on any atom is 0.160 e. The third-order valence-electron chi connectivity index (χ3n) is 2.55. The first-order chi connectivity index (χ1) is 8.31. The normalized spacial score (nSPS) is 10.3. The monoisotopic (exact) mass is 255 g/mol. The molecule has 0 aliphatic heterocycles. The number of hydrogen-bond acceptors (Lipinski definition) is 4. The highest BCUT2D eigenvalue weighted by Gasteiger charge is 2.03. The lowest BCUT2D eigenvalue weighted by Gasteiger charge is -2.09. The summed E-state index contributed by atoms with van der Waals surface area (Å²) in [5.41, 5.74) is 1.25. The molecule has 0 aromatic heterocycles. The Hall–Kier alpha value is -0.870. The highest BCUT2D eigenvalue weighted by atomic mass is 32.1. The minimum absolute atomic E-state index is 0.777. The summed E-state index contributed by atoms with van der Waals surface area (Å²) in [6.07, 6.45) is 2.10. The summed E-state index contributed by atoms with van der Waals surface area (Å²) in [4.78, 5) is 0. The van der Waals surface area contributed by atoms with Crippen LogP contribution in [0.25, 0.3) is 0 Å². The molecule has 0 saturated heterocycles. The average molecular weight is 255 g/mol. The van der Waals surface area contributed by atoms with Crippen LogP contribution in [-0.2, 0) is 6.42 Å². The quantitative estimate of drug-likeness (QED) is 0.551. The molecule has 1 N–H and O–H groups in total. The SMILES string of the molecule is COc1ccc(CCNCCCS)cc1OC. The van der Waals surface area contributed by atoms with Gasteiger partial charge in [0.1, 0.15) is 0 Å². The molecule has 0 spiro atoms. The molecule has 0 amide bonds. The van der Waals surface area contributed by atoms with Crippen molar-refractivity contribution in [3.05, 3.63) is 23.8 Å². The van der Waals surface area contributed by atoms with E-state index in [2.05, 4.69) is 24.0 Å². The molecule has 17 heavy (non-hydrogen) atoms. The first-order valence-corrected chi connectivity index (χ1v) is 6.47. The standard InChI is InChI=1S/C13H21NO2S/c1-15-12-5-4-11(10-13(12)16-2)6-8-14-7-3-9-17/h4-5,10,14,17H,3,6-9H2,1-2H3. The van der Waals surface area contributed by atoms with Gasteiger partial charge in [-0.15, -0.1) is 0 Å². The van der Waals surface area contributed by atoms with Gasteiger partial charge in [-0.3, -0.25) is 0 Å². The molecule has 0 atom stereocenters. The van der Waals surface area contributed by atoms with E-state index in [-0.39, 0.29) is 0 Å². The molecule has 3 nitrogen and oxygen atoms in total. The molecule has 0 aliphatic carbocycles. The molecule has 0 fully saturated rings. The first-order valence-electron chi connectivity index (χ1n) is 5.84. The summed E-state index contributed by atoms with van der Waals surface area (Å²) in [5.74, 6) is 2.50. The van der Waals surface area contributed by atoms with Crippen LogP contribution in [0, 0.1) is 0 Å². The van der Waals surface area contributed by atoms with Gasteiger partial charge in [0.15, 0.2) is 11.5 Å². The summed E-state index contributed by atoms with van der Waals surface area (Å²) in [6.45, 7) is 2.00. The molecule has 0 unspecified atom stereocenters. The number of ether oxygens (including phenoxy) is 2. The van der Waals surface area contributed by atoms with Gasteiger partial charge < -0.3 is 14.8 Å². The molecule has 96 valence electrons. The minimum atomic E-state index is 0.777. The lowest BCUT2D eigenvalue weighted by molar-refractivity contribution is 0.354. The predicted molar refractivity (Wildman–Crippen MR) is 74.6 cm³/mol. The van der Waals surface area contributed by atoms with Crippen LogP contribution < -0.4 is 14.8 Å². The zero-order valence-electron chi connectivity index (χ0n) is 10.5. The number of hydrogen-bond donors (Lipinski definition) is 2. The Kier molecular flexibility index (Phi) is 6.89. The summed E-state index contributed by atoms with van der Waals surface area (Å²) >= 11 is 4.17. The fourth-order valence-corrected chi connectivity index (χ4v) is 1.76. The first kappa shape index (κ1) is 14.2. The van der Waals surface area contributed by atoms with Crippen LogP contribution in [0.2, 0.25) is 0 Å². The molecule has 0 aliphatic rings. The van der Waals surface area contributed by atoms with Crippen molar-refractivity contribution in [2.24, 2.45) is 0 Å². The second-order valence-electron chi connectivity index (χ2n) is 3.77. The summed E-state index contributed by atoms with van der Waals surface area (Å²) in [7, 11) is 3.31. The van der Waals surface area contributed by atoms with Gasteiger partial charge in [0, 0.05) is 0 Å². The zero-order valence-corrected chi connectivity index (χ0v) is 11.4. The Morgan fingerprint density at radius 2 is 1.88 bits per heavy atom. The Morgan fingerprint density at radius 3 is 2.53 bits per heavy atom. The Balaban J connectivity index is 2.43. The third-order valence-corrected chi connectivity index (χ3v) is 2.87. The number of nitrogens with one attached hydrogen (secondary N) is 1. The maximum absolute atomic E-state index is 5.27. The van der Waals surface area contributed by atoms with Crippen LogP contribution in [-0.4, -0.2) is 33.1 Å². The van der Waals surface area contributed by atoms with E-state index in [0.29, 0.717) is 0 Å². The van der Waals surface area contributed by atoms with Gasteiger partial charge in [-0.25, -0.2) is 0 Å². The van der Waals surface area contributed by atoms with Crippen molar-refractivity contribution in [2.45, 2.75) is 12.8 Å². The third kappa shape index (κ3) is 4.88. The van der Waals surface area contributed by atoms with Gasteiger partial charge in [-0.05, 0) is 49.4 Å². The van der Waals surface area contributed by atoms with E-state index in [4.69, 9.17) is 9.47 Å². The predicted octanol–water partition coefficient (Wildman–Crippen LogP) is 2.16. The number of thiol groups is 1. The molecule has 1 aromatic rings. The number of benzene rings is 1. The van der Waals surface area contributed by atoms with Crippen molar-refractivity contribution in [1.82, 2.24) is 5.32 Å². The van der Waals surface area contributed by atoms with Crippen LogP contribution in [0.4, 0.5) is 0 Å². The molecular formula is C13H21NO2S. The van der Waals surface area contributed by atoms with E-state index in [0.717, 1.165) is 43.2 Å². The van der Waals surface area contributed by atoms with E-state index in [1.807, 2.05) is 12.1 Å². The fourth-order valence-electron chi connectivity index (χ4n) is 1.60. The van der Waals surface area contributed by atoms with Crippen molar-refractivity contribution in [3.63, 3.8) is 0 Å². The highest BCUT2D eigenvalue weighted by Crippen LogP contribution is 2.27. The van der Waals surface area contributed by atoms with Crippen LogP contribution in [0.5, 0.6) is 11.5 Å². The van der Waals surface area contributed by atoms with Crippen molar-refractivity contribution >= 4 is 12.6 Å². The van der Waals surface area contributed by atoms with E-state index >= 15 is 0 Å². The second kappa shape index (κ2) is 8.25. The van der Waals surface area contributed by atoms with Crippen LogP contribution in [0.1, 0.15) is 12.0 Å². The number of methoxy groups -OCH3 is 2. The molecule has 1 aromatic carbocycles. The van der Waals surface area contributed by atoms with Gasteiger partial charge in [0.05, 0.1) is 14.2 Å². The van der Waals surface area contributed by atoms with Crippen molar-refractivity contribution < 1.29 is 9.47 Å².